The molecule has 0 aliphatic carbocycles. The number of aromatic nitrogens is 1. The number of carbonyl (C=O) groups is 1. The van der Waals surface area contributed by atoms with Crippen LogP contribution in [0.4, 0.5) is 5.69 Å². The van der Waals surface area contributed by atoms with E-state index in [1.165, 1.54) is 18.5 Å². The van der Waals surface area contributed by atoms with Gasteiger partial charge in [0.15, 0.2) is 0 Å². The predicted molar refractivity (Wildman–Crippen MR) is 79.0 cm³/mol. The molecule has 0 aliphatic rings. The summed E-state index contributed by atoms with van der Waals surface area (Å²) in [5, 5.41) is 12.5. The zero-order valence-corrected chi connectivity index (χ0v) is 11.8. The van der Waals surface area contributed by atoms with Crippen LogP contribution >= 0.6 is 0 Å². The Kier molecular flexibility index (Phi) is 3.74. The molecule has 104 valence electrons. The van der Waals surface area contributed by atoms with E-state index in [0.29, 0.717) is 0 Å². The van der Waals surface area contributed by atoms with Crippen LogP contribution < -0.4 is 5.32 Å². The van der Waals surface area contributed by atoms with Gasteiger partial charge in [0.05, 0.1) is 11.8 Å². The number of para-hydroxylation sites is 1. The number of hydrogen-bond acceptors (Lipinski definition) is 3. The topological polar surface area (TPSA) is 62.2 Å². The summed E-state index contributed by atoms with van der Waals surface area (Å²) in [5.41, 5.74) is 1.93. The Hall–Kier alpha value is -2.36. The number of amides is 1. The molecule has 20 heavy (non-hydrogen) atoms. The van der Waals surface area contributed by atoms with Crippen molar-refractivity contribution in [3.05, 3.63) is 53.9 Å². The molecule has 0 saturated heterocycles. The number of rotatable bonds is 2. The van der Waals surface area contributed by atoms with E-state index in [0.717, 1.165) is 11.3 Å². The summed E-state index contributed by atoms with van der Waals surface area (Å²) < 4.78 is 0. The van der Waals surface area contributed by atoms with Gasteiger partial charge in [-0.15, -0.1) is 0 Å². The van der Waals surface area contributed by atoms with Crippen molar-refractivity contribution in [1.29, 1.82) is 0 Å². The molecule has 0 radical (unpaired) electrons. The molecule has 2 rings (SSSR count). The molecule has 2 aromatic rings. The molecule has 4 nitrogen and oxygen atoms in total. The average molecular weight is 270 g/mol. The van der Waals surface area contributed by atoms with Crippen LogP contribution in [-0.4, -0.2) is 16.0 Å². The lowest BCUT2D eigenvalue weighted by molar-refractivity contribution is 0.102. The largest absolute Gasteiger partial charge is 0.505 e. The van der Waals surface area contributed by atoms with E-state index >= 15 is 0 Å². The molecular formula is C16H18N2O2. The first-order valence-electron chi connectivity index (χ1n) is 6.43. The van der Waals surface area contributed by atoms with Crippen molar-refractivity contribution < 1.29 is 9.90 Å². The molecule has 2 N–H and O–H groups in total. The van der Waals surface area contributed by atoms with Gasteiger partial charge in [0.1, 0.15) is 5.75 Å². The number of pyridine rings is 1. The van der Waals surface area contributed by atoms with Crippen LogP contribution in [0.25, 0.3) is 0 Å². The van der Waals surface area contributed by atoms with Crippen molar-refractivity contribution in [3.63, 3.8) is 0 Å². The first kappa shape index (κ1) is 14.1. The van der Waals surface area contributed by atoms with Crippen molar-refractivity contribution in [2.24, 2.45) is 0 Å². The van der Waals surface area contributed by atoms with Crippen LogP contribution in [0.5, 0.6) is 5.75 Å². The van der Waals surface area contributed by atoms with Crippen molar-refractivity contribution >= 4 is 11.6 Å². The molecule has 1 heterocycles. The maximum Gasteiger partial charge on any atom is 0.259 e. The fraction of sp³-hybridized carbons (Fsp3) is 0.250. The number of carbonyl (C=O) groups excluding carboxylic acids is 1. The molecule has 0 aliphatic heterocycles. The van der Waals surface area contributed by atoms with E-state index in [1.54, 1.807) is 0 Å². The van der Waals surface area contributed by atoms with Gasteiger partial charge in [-0.1, -0.05) is 39.0 Å². The summed E-state index contributed by atoms with van der Waals surface area (Å²) in [7, 11) is 0. The quantitative estimate of drug-likeness (QED) is 0.879. The fourth-order valence-corrected chi connectivity index (χ4v) is 2.01. The highest BCUT2D eigenvalue weighted by Crippen LogP contribution is 2.29. The number of aromatic hydroxyl groups is 1. The summed E-state index contributed by atoms with van der Waals surface area (Å²) in [5.74, 6) is -0.472. The second kappa shape index (κ2) is 5.33. The van der Waals surface area contributed by atoms with Gasteiger partial charge in [0.25, 0.3) is 5.91 Å². The van der Waals surface area contributed by atoms with E-state index < -0.39 is 0 Å². The minimum absolute atomic E-state index is 0.0792. The highest BCUT2D eigenvalue weighted by Gasteiger charge is 2.19. The van der Waals surface area contributed by atoms with E-state index in [9.17, 15) is 9.90 Å². The Balaban J connectivity index is 2.32. The first-order chi connectivity index (χ1) is 9.39. The Morgan fingerprint density at radius 1 is 1.20 bits per heavy atom. The van der Waals surface area contributed by atoms with Gasteiger partial charge in [-0.05, 0) is 23.1 Å². The number of hydrogen-bond donors (Lipinski definition) is 2. The normalized spacial score (nSPS) is 11.2. The Labute approximate surface area is 118 Å². The Bertz CT molecular complexity index is 630. The highest BCUT2D eigenvalue weighted by atomic mass is 16.3. The highest BCUT2D eigenvalue weighted by molar-refractivity contribution is 6.06. The van der Waals surface area contributed by atoms with Crippen LogP contribution in [-0.2, 0) is 5.41 Å². The number of nitrogens with zero attached hydrogens (tertiary/aromatic N) is 1. The van der Waals surface area contributed by atoms with Gasteiger partial charge >= 0.3 is 0 Å². The molecule has 0 atom stereocenters. The monoisotopic (exact) mass is 270 g/mol. The van der Waals surface area contributed by atoms with Gasteiger partial charge in [-0.25, -0.2) is 0 Å². The lowest BCUT2D eigenvalue weighted by atomic mass is 9.86. The third kappa shape index (κ3) is 2.96. The lowest BCUT2D eigenvalue weighted by Gasteiger charge is -2.23. The fourth-order valence-electron chi connectivity index (χ4n) is 2.01. The third-order valence-corrected chi connectivity index (χ3v) is 3.03. The van der Waals surface area contributed by atoms with Crippen LogP contribution in [0.1, 0.15) is 36.7 Å². The summed E-state index contributed by atoms with van der Waals surface area (Å²) in [6, 6.07) is 9.15. The molecule has 1 amide bonds. The van der Waals surface area contributed by atoms with E-state index in [1.807, 2.05) is 24.3 Å². The summed E-state index contributed by atoms with van der Waals surface area (Å²) in [4.78, 5) is 16.0. The molecule has 0 bridgehead atoms. The zero-order chi connectivity index (χ0) is 14.8. The second-order valence-electron chi connectivity index (χ2n) is 5.64. The molecule has 0 saturated carbocycles. The smallest absolute Gasteiger partial charge is 0.259 e. The maximum absolute atomic E-state index is 12.2. The van der Waals surface area contributed by atoms with Gasteiger partial charge in [0.2, 0.25) is 0 Å². The van der Waals surface area contributed by atoms with E-state index in [4.69, 9.17) is 0 Å². The summed E-state index contributed by atoms with van der Waals surface area (Å²) in [6.45, 7) is 6.26. The summed E-state index contributed by atoms with van der Waals surface area (Å²) in [6.07, 6.45) is 2.73. The molecule has 0 unspecified atom stereocenters. The molecule has 4 heteroatoms. The molecule has 0 spiro atoms. The number of benzene rings is 1. The SMILES string of the molecule is CC(C)(C)c1ccccc1NC(=O)c1ccncc1O. The second-order valence-corrected chi connectivity index (χ2v) is 5.64. The van der Waals surface area contributed by atoms with Crippen molar-refractivity contribution in [3.8, 4) is 5.75 Å². The standard InChI is InChI=1S/C16H18N2O2/c1-16(2,3)12-6-4-5-7-13(12)18-15(20)11-8-9-17-10-14(11)19/h4-10,19H,1-3H3,(H,18,20). The predicted octanol–water partition coefficient (Wildman–Crippen LogP) is 3.34. The minimum atomic E-state index is -0.346. The number of nitrogens with one attached hydrogen (secondary N) is 1. The summed E-state index contributed by atoms with van der Waals surface area (Å²) >= 11 is 0. The third-order valence-electron chi connectivity index (χ3n) is 3.03. The maximum atomic E-state index is 12.2. The van der Waals surface area contributed by atoms with Crippen molar-refractivity contribution in [2.75, 3.05) is 5.32 Å². The average Bonchev–Trinajstić information content (AvgIpc) is 2.38. The number of anilines is 1. The van der Waals surface area contributed by atoms with Crippen LogP contribution in [0, 0.1) is 0 Å². The van der Waals surface area contributed by atoms with Crippen molar-refractivity contribution in [2.45, 2.75) is 26.2 Å². The Morgan fingerprint density at radius 3 is 2.55 bits per heavy atom. The van der Waals surface area contributed by atoms with Gasteiger partial charge in [-0.3, -0.25) is 9.78 Å². The molecule has 1 aromatic carbocycles. The molecular weight excluding hydrogens is 252 g/mol. The van der Waals surface area contributed by atoms with Crippen LogP contribution in [0.15, 0.2) is 42.7 Å². The van der Waals surface area contributed by atoms with Gasteiger partial charge < -0.3 is 10.4 Å². The van der Waals surface area contributed by atoms with E-state index in [2.05, 4.69) is 31.1 Å². The van der Waals surface area contributed by atoms with Crippen LogP contribution in [0.2, 0.25) is 0 Å². The minimum Gasteiger partial charge on any atom is -0.505 e. The molecule has 1 aromatic heterocycles. The van der Waals surface area contributed by atoms with Gasteiger partial charge in [0, 0.05) is 11.9 Å². The van der Waals surface area contributed by atoms with Gasteiger partial charge in [-0.2, -0.15) is 0 Å². The lowest BCUT2D eigenvalue weighted by Crippen LogP contribution is -2.18. The van der Waals surface area contributed by atoms with Crippen LogP contribution in [0.3, 0.4) is 0 Å². The Morgan fingerprint density at radius 2 is 1.90 bits per heavy atom. The zero-order valence-electron chi connectivity index (χ0n) is 11.8. The van der Waals surface area contributed by atoms with Crippen molar-refractivity contribution in [1.82, 2.24) is 4.98 Å². The van der Waals surface area contributed by atoms with E-state index in [-0.39, 0.29) is 22.6 Å². The molecule has 0 fully saturated rings. The first-order valence-corrected chi connectivity index (χ1v) is 6.43.